The second-order valence-corrected chi connectivity index (χ2v) is 8.02. The second-order valence-electron chi connectivity index (χ2n) is 8.02. The van der Waals surface area contributed by atoms with Gasteiger partial charge in [0.2, 0.25) is 5.91 Å². The van der Waals surface area contributed by atoms with E-state index in [0.717, 1.165) is 50.5 Å². The van der Waals surface area contributed by atoms with E-state index in [1.54, 1.807) is 0 Å². The molecule has 0 saturated carbocycles. The summed E-state index contributed by atoms with van der Waals surface area (Å²) >= 11 is 0. The van der Waals surface area contributed by atoms with Crippen molar-refractivity contribution in [1.29, 1.82) is 0 Å². The number of rotatable bonds is 5. The largest absolute Gasteiger partial charge is 0.381 e. The average molecular weight is 387 g/mol. The van der Waals surface area contributed by atoms with E-state index >= 15 is 0 Å². The van der Waals surface area contributed by atoms with Crippen molar-refractivity contribution < 1.29 is 9.53 Å². The number of nitrogens with one attached hydrogen (secondary N) is 2. The molecule has 4 rings (SSSR count). The van der Waals surface area contributed by atoms with Gasteiger partial charge in [0.15, 0.2) is 5.82 Å². The third kappa shape index (κ3) is 4.28. The van der Waals surface area contributed by atoms with Crippen LogP contribution in [0.5, 0.6) is 0 Å². The normalized spacial score (nSPS) is 24.4. The fourth-order valence-corrected chi connectivity index (χ4v) is 4.29. The number of aryl methyl sites for hydroxylation is 2. The van der Waals surface area contributed by atoms with E-state index in [4.69, 9.17) is 4.74 Å². The first kappa shape index (κ1) is 19.1. The van der Waals surface area contributed by atoms with Crippen LogP contribution in [-0.2, 0) is 23.1 Å². The fraction of sp³-hybridized carbons (Fsp3) is 0.650. The van der Waals surface area contributed by atoms with Crippen LogP contribution >= 0.6 is 0 Å². The third-order valence-corrected chi connectivity index (χ3v) is 6.00. The number of H-pyrrole nitrogens is 1. The molecule has 8 nitrogen and oxygen atoms in total. The molecule has 0 bridgehead atoms. The van der Waals surface area contributed by atoms with Crippen molar-refractivity contribution in [3.63, 3.8) is 0 Å². The lowest BCUT2D eigenvalue weighted by Crippen LogP contribution is -2.53. The van der Waals surface area contributed by atoms with Gasteiger partial charge in [-0.25, -0.2) is 4.98 Å². The number of carbonyl (C=O) groups excluding carboxylic acids is 1. The van der Waals surface area contributed by atoms with Gasteiger partial charge in [0.1, 0.15) is 5.82 Å². The summed E-state index contributed by atoms with van der Waals surface area (Å²) in [4.78, 5) is 19.9. The summed E-state index contributed by atoms with van der Waals surface area (Å²) in [5.41, 5.74) is 1.28. The minimum atomic E-state index is 0.0135. The Morgan fingerprint density at radius 1 is 1.36 bits per heavy atom. The van der Waals surface area contributed by atoms with Crippen molar-refractivity contribution in [3.05, 3.63) is 35.7 Å². The Balaban J connectivity index is 1.47. The van der Waals surface area contributed by atoms with Crippen LogP contribution in [0.2, 0.25) is 0 Å². The summed E-state index contributed by atoms with van der Waals surface area (Å²) in [5.74, 6) is 1.96. The molecule has 0 spiro atoms. The number of nitrogens with zero attached hydrogens (tertiary/aromatic N) is 4. The van der Waals surface area contributed by atoms with Gasteiger partial charge in [-0.2, -0.15) is 5.10 Å². The highest BCUT2D eigenvalue weighted by molar-refractivity contribution is 5.79. The van der Waals surface area contributed by atoms with Gasteiger partial charge in [-0.15, -0.1) is 0 Å². The molecule has 2 fully saturated rings. The van der Waals surface area contributed by atoms with Crippen LogP contribution < -0.4 is 5.32 Å². The van der Waals surface area contributed by atoms with E-state index in [1.807, 2.05) is 6.92 Å². The van der Waals surface area contributed by atoms with Crippen molar-refractivity contribution in [1.82, 2.24) is 30.0 Å². The monoisotopic (exact) mass is 386 g/mol. The Bertz CT molecular complexity index is 794. The van der Waals surface area contributed by atoms with Crippen LogP contribution in [-0.4, -0.2) is 62.9 Å². The van der Waals surface area contributed by atoms with Crippen LogP contribution in [0.3, 0.4) is 0 Å². The molecule has 0 aliphatic carbocycles. The number of aromatic nitrogens is 4. The van der Waals surface area contributed by atoms with E-state index in [-0.39, 0.29) is 23.8 Å². The Kier molecular flexibility index (Phi) is 5.77. The Morgan fingerprint density at radius 3 is 2.86 bits per heavy atom. The number of hydrogen-bond donors (Lipinski definition) is 2. The van der Waals surface area contributed by atoms with E-state index in [2.05, 4.69) is 55.3 Å². The lowest BCUT2D eigenvalue weighted by atomic mass is 9.89. The lowest BCUT2D eigenvalue weighted by Gasteiger charge is -2.38. The first-order valence-corrected chi connectivity index (χ1v) is 10.2. The molecular formula is C20H30N6O2. The van der Waals surface area contributed by atoms with Gasteiger partial charge in [-0.05, 0) is 44.9 Å². The van der Waals surface area contributed by atoms with Crippen molar-refractivity contribution in [2.45, 2.75) is 44.7 Å². The summed E-state index contributed by atoms with van der Waals surface area (Å²) < 4.78 is 7.56. The number of ether oxygens (including phenoxy) is 1. The van der Waals surface area contributed by atoms with Gasteiger partial charge in [0, 0.05) is 57.1 Å². The minimum absolute atomic E-state index is 0.0135. The number of likely N-dealkylation sites (tertiary alicyclic amines) is 1. The molecule has 28 heavy (non-hydrogen) atoms. The predicted molar refractivity (Wildman–Crippen MR) is 105 cm³/mol. The number of amides is 1. The maximum Gasteiger partial charge on any atom is 0.223 e. The second kappa shape index (κ2) is 8.45. The summed E-state index contributed by atoms with van der Waals surface area (Å²) in [5, 5.41) is 10.7. The first-order valence-electron chi connectivity index (χ1n) is 10.2. The van der Waals surface area contributed by atoms with Gasteiger partial charge in [-0.3, -0.25) is 14.8 Å². The number of aromatic amines is 1. The maximum atomic E-state index is 12.9. The molecule has 2 N–H and O–H groups in total. The van der Waals surface area contributed by atoms with Crippen LogP contribution in [0.1, 0.15) is 42.5 Å². The minimum Gasteiger partial charge on any atom is -0.381 e. The standard InChI is InChI=1S/C20H30N6O2/c1-14-21-19(24-23-14)17-5-9-26(12-16-4-3-8-25(16)2)13-18(17)22-20(27)15-6-10-28-11-7-15/h3-4,8,15,17-18H,5-7,9-13H2,1-2H3,(H,22,27)(H,21,23,24)/t17-,18+/m0/s1. The molecule has 2 aliphatic heterocycles. The Hall–Kier alpha value is -2.19. The highest BCUT2D eigenvalue weighted by Gasteiger charge is 2.35. The van der Waals surface area contributed by atoms with Gasteiger partial charge in [0.25, 0.3) is 0 Å². The van der Waals surface area contributed by atoms with Crippen molar-refractivity contribution in [2.75, 3.05) is 26.3 Å². The lowest BCUT2D eigenvalue weighted by molar-refractivity contribution is -0.129. The van der Waals surface area contributed by atoms with Gasteiger partial charge in [-0.1, -0.05) is 0 Å². The highest BCUT2D eigenvalue weighted by atomic mass is 16.5. The summed E-state index contributed by atoms with van der Waals surface area (Å²) in [6.07, 6.45) is 4.61. The summed E-state index contributed by atoms with van der Waals surface area (Å²) in [7, 11) is 2.07. The van der Waals surface area contributed by atoms with Crippen molar-refractivity contribution >= 4 is 5.91 Å². The summed E-state index contributed by atoms with van der Waals surface area (Å²) in [6.45, 7) is 5.91. The zero-order valence-corrected chi connectivity index (χ0v) is 16.7. The molecule has 8 heteroatoms. The Morgan fingerprint density at radius 2 is 2.18 bits per heavy atom. The molecule has 2 aromatic heterocycles. The van der Waals surface area contributed by atoms with Gasteiger partial charge >= 0.3 is 0 Å². The quantitative estimate of drug-likeness (QED) is 0.810. The zero-order chi connectivity index (χ0) is 19.5. The Labute approximate surface area is 165 Å². The molecule has 2 aromatic rings. The fourth-order valence-electron chi connectivity index (χ4n) is 4.29. The molecule has 0 radical (unpaired) electrons. The molecule has 0 aromatic carbocycles. The molecule has 0 unspecified atom stereocenters. The molecule has 2 aliphatic rings. The summed E-state index contributed by atoms with van der Waals surface area (Å²) in [6, 6.07) is 4.24. The molecular weight excluding hydrogens is 356 g/mol. The van der Waals surface area contributed by atoms with Crippen molar-refractivity contribution in [2.24, 2.45) is 13.0 Å². The molecule has 1 amide bonds. The average Bonchev–Trinajstić information content (AvgIpc) is 3.31. The topological polar surface area (TPSA) is 88.1 Å². The van der Waals surface area contributed by atoms with E-state index in [0.29, 0.717) is 13.2 Å². The maximum absolute atomic E-state index is 12.9. The highest BCUT2D eigenvalue weighted by Crippen LogP contribution is 2.28. The predicted octanol–water partition coefficient (Wildman–Crippen LogP) is 1.35. The first-order chi connectivity index (χ1) is 13.6. The molecule has 4 heterocycles. The third-order valence-electron chi connectivity index (χ3n) is 6.00. The molecule has 2 atom stereocenters. The van der Waals surface area contributed by atoms with Crippen LogP contribution in [0.15, 0.2) is 18.3 Å². The van der Waals surface area contributed by atoms with Crippen molar-refractivity contribution in [3.8, 4) is 0 Å². The van der Waals surface area contributed by atoms with Gasteiger partial charge < -0.3 is 14.6 Å². The molecule has 2 saturated heterocycles. The zero-order valence-electron chi connectivity index (χ0n) is 16.7. The van der Waals surface area contributed by atoms with Crippen LogP contribution in [0.25, 0.3) is 0 Å². The number of hydrogen-bond acceptors (Lipinski definition) is 5. The number of piperidine rings is 1. The molecule has 152 valence electrons. The SMILES string of the molecule is Cc1nc([C@H]2CCN(Cc3cccn3C)C[C@H]2NC(=O)C2CCOCC2)n[nH]1. The van der Waals surface area contributed by atoms with Crippen LogP contribution in [0, 0.1) is 12.8 Å². The smallest absolute Gasteiger partial charge is 0.223 e. The van der Waals surface area contributed by atoms with E-state index < -0.39 is 0 Å². The van der Waals surface area contributed by atoms with E-state index in [1.165, 1.54) is 5.69 Å². The van der Waals surface area contributed by atoms with Crippen LogP contribution in [0.4, 0.5) is 0 Å². The number of carbonyl (C=O) groups is 1. The van der Waals surface area contributed by atoms with E-state index in [9.17, 15) is 4.79 Å². The van der Waals surface area contributed by atoms with Gasteiger partial charge in [0.05, 0.1) is 6.04 Å².